The van der Waals surface area contributed by atoms with E-state index in [0.717, 1.165) is 23.6 Å². The van der Waals surface area contributed by atoms with E-state index < -0.39 is 56.8 Å². The van der Waals surface area contributed by atoms with Gasteiger partial charge in [-0.15, -0.1) is 15.6 Å². The van der Waals surface area contributed by atoms with Crippen molar-refractivity contribution in [1.29, 1.82) is 0 Å². The van der Waals surface area contributed by atoms with Crippen LogP contribution < -0.4 is 16.5 Å². The summed E-state index contributed by atoms with van der Waals surface area (Å²) in [7, 11) is -5.01. The van der Waals surface area contributed by atoms with E-state index in [1.54, 1.807) is 30.3 Å². The molecule has 40 heavy (non-hydrogen) atoms. The van der Waals surface area contributed by atoms with E-state index >= 15 is 0 Å². The number of rotatable bonds is 9. The van der Waals surface area contributed by atoms with Crippen LogP contribution >= 0.6 is 11.3 Å². The number of hydrogen-bond donors (Lipinski definition) is 5. The summed E-state index contributed by atoms with van der Waals surface area (Å²) in [5.74, 6) is -2.69. The van der Waals surface area contributed by atoms with Crippen molar-refractivity contribution >= 4 is 44.4 Å². The third-order valence-electron chi connectivity index (χ3n) is 5.76. The van der Waals surface area contributed by atoms with E-state index in [1.165, 1.54) is 19.2 Å². The number of carbonyl (C=O) groups is 2. The summed E-state index contributed by atoms with van der Waals surface area (Å²) in [6, 6.07) is 7.80. The average molecular weight is 595 g/mol. The van der Waals surface area contributed by atoms with Crippen molar-refractivity contribution in [1.82, 2.24) is 20.1 Å². The maximum Gasteiger partial charge on any atom is 0.418 e. The van der Waals surface area contributed by atoms with Gasteiger partial charge in [0.25, 0.3) is 11.8 Å². The highest BCUT2D eigenvalue weighted by Crippen LogP contribution is 2.33. The molecule has 3 aromatic rings. The fourth-order valence-corrected chi connectivity index (χ4v) is 4.77. The molecule has 1 aliphatic heterocycles. The van der Waals surface area contributed by atoms with Gasteiger partial charge in [-0.25, -0.2) is 4.98 Å². The van der Waals surface area contributed by atoms with E-state index in [-0.39, 0.29) is 16.5 Å². The molecule has 1 saturated heterocycles. The minimum atomic E-state index is -5.01. The Labute approximate surface area is 229 Å². The topological polar surface area (TPSA) is 236 Å². The van der Waals surface area contributed by atoms with Crippen molar-refractivity contribution in [2.24, 2.45) is 5.16 Å². The van der Waals surface area contributed by atoms with Crippen LogP contribution in [0.25, 0.3) is 0 Å². The Morgan fingerprint density at radius 3 is 2.52 bits per heavy atom. The molecule has 2 atom stereocenters. The smallest absolute Gasteiger partial charge is 0.418 e. The summed E-state index contributed by atoms with van der Waals surface area (Å²) in [5, 5.41) is 28.2. The van der Waals surface area contributed by atoms with Crippen molar-refractivity contribution in [2.45, 2.75) is 31.5 Å². The van der Waals surface area contributed by atoms with Crippen molar-refractivity contribution < 1.29 is 42.0 Å². The lowest BCUT2D eigenvalue weighted by Gasteiger charge is -2.50. The van der Waals surface area contributed by atoms with Crippen LogP contribution in [0.5, 0.6) is 5.75 Å². The van der Waals surface area contributed by atoms with Gasteiger partial charge in [-0.3, -0.25) is 18.9 Å². The molecule has 0 bridgehead atoms. The number of oxime groups is 1. The molecule has 4 rings (SSSR count). The molecule has 18 heteroatoms. The minimum Gasteiger partial charge on any atom is -0.503 e. The van der Waals surface area contributed by atoms with E-state index in [9.17, 15) is 33.1 Å². The number of aromatic nitrogens is 2. The van der Waals surface area contributed by atoms with Gasteiger partial charge in [-0.05, 0) is 13.8 Å². The molecule has 0 radical (unpaired) electrons. The van der Waals surface area contributed by atoms with E-state index in [4.69, 9.17) is 15.1 Å². The highest BCUT2D eigenvalue weighted by Gasteiger charge is 2.58. The van der Waals surface area contributed by atoms with Gasteiger partial charge in [0.1, 0.15) is 17.4 Å². The van der Waals surface area contributed by atoms with Gasteiger partial charge >= 0.3 is 10.4 Å². The van der Waals surface area contributed by atoms with Crippen molar-refractivity contribution in [3.63, 3.8) is 0 Å². The molecule has 16 nitrogen and oxygen atoms in total. The molecular weight excluding hydrogens is 572 g/mol. The van der Waals surface area contributed by atoms with Crippen LogP contribution in [0.3, 0.4) is 0 Å². The van der Waals surface area contributed by atoms with Crippen molar-refractivity contribution in [3.05, 3.63) is 75.1 Å². The number of amides is 2. The summed E-state index contributed by atoms with van der Waals surface area (Å²) < 4.78 is 35.8. The first kappa shape index (κ1) is 28.5. The first-order valence-corrected chi connectivity index (χ1v) is 13.4. The van der Waals surface area contributed by atoms with Gasteiger partial charge in [-0.2, -0.15) is 18.2 Å². The monoisotopic (exact) mass is 594 g/mol. The fraction of sp³-hybridized carbons (Fsp3) is 0.227. The van der Waals surface area contributed by atoms with Crippen LogP contribution in [-0.4, -0.2) is 67.2 Å². The van der Waals surface area contributed by atoms with Crippen molar-refractivity contribution in [3.8, 4) is 5.75 Å². The van der Waals surface area contributed by atoms with Gasteiger partial charge in [0.15, 0.2) is 22.7 Å². The molecule has 2 amide bonds. The molecule has 0 aliphatic carbocycles. The number of nitrogens with zero attached hydrogens (tertiary/aromatic N) is 4. The molecule has 212 valence electrons. The fourth-order valence-electron chi connectivity index (χ4n) is 3.76. The normalized spacial score (nSPS) is 17.7. The lowest BCUT2D eigenvalue weighted by atomic mass is 9.84. The second kappa shape index (κ2) is 10.6. The third-order valence-corrected chi connectivity index (χ3v) is 6.77. The molecule has 0 saturated carbocycles. The van der Waals surface area contributed by atoms with Crippen LogP contribution in [0, 0.1) is 0 Å². The maximum absolute atomic E-state index is 13.3. The van der Waals surface area contributed by atoms with Crippen LogP contribution in [0.4, 0.5) is 5.13 Å². The first-order chi connectivity index (χ1) is 18.7. The lowest BCUT2D eigenvalue weighted by molar-refractivity contribution is -0.218. The number of β-lactam (4-membered cyclic amide) rings is 1. The molecule has 1 aliphatic rings. The van der Waals surface area contributed by atoms with Gasteiger partial charge in [-0.1, -0.05) is 35.5 Å². The van der Waals surface area contributed by atoms with E-state index in [1.807, 2.05) is 0 Å². The number of anilines is 1. The lowest BCUT2D eigenvalue weighted by Crippen LogP contribution is -2.76. The quantitative estimate of drug-likeness (QED) is 0.0733. The summed E-state index contributed by atoms with van der Waals surface area (Å²) in [4.78, 5) is 47.6. The highest BCUT2D eigenvalue weighted by molar-refractivity contribution is 7.80. The number of nitrogens with two attached hydrogens (primary N) is 1. The van der Waals surface area contributed by atoms with Crippen LogP contribution in [0.2, 0.25) is 0 Å². The highest BCUT2D eigenvalue weighted by atomic mass is 32.3. The number of thiazole rings is 1. The Morgan fingerprint density at radius 2 is 1.95 bits per heavy atom. The van der Waals surface area contributed by atoms with Crippen LogP contribution in [0.1, 0.15) is 36.9 Å². The SMILES string of the molecule is CC1(C)C(NC(=O)/C(=N\OC(c2ccccc2)c2cc(=O)c(O)cn2O)c2csc(N)n2)C(=O)N1OS(=O)(=O)O. The van der Waals surface area contributed by atoms with Gasteiger partial charge in [0.05, 0.1) is 11.7 Å². The molecule has 0 spiro atoms. The van der Waals surface area contributed by atoms with Crippen molar-refractivity contribution in [2.75, 3.05) is 5.73 Å². The number of pyridine rings is 1. The predicted molar refractivity (Wildman–Crippen MR) is 137 cm³/mol. The average Bonchev–Trinajstić information content (AvgIpc) is 3.31. The van der Waals surface area contributed by atoms with E-state index in [2.05, 4.69) is 19.7 Å². The van der Waals surface area contributed by atoms with Gasteiger partial charge < -0.3 is 26.2 Å². The first-order valence-electron chi connectivity index (χ1n) is 11.2. The summed E-state index contributed by atoms with van der Waals surface area (Å²) in [6.45, 7) is 2.74. The molecule has 2 aromatic heterocycles. The zero-order chi connectivity index (χ0) is 29.4. The Morgan fingerprint density at radius 1 is 1.27 bits per heavy atom. The summed E-state index contributed by atoms with van der Waals surface area (Å²) in [5.41, 5.74) is 3.22. The second-order valence-corrected chi connectivity index (χ2v) is 10.8. The van der Waals surface area contributed by atoms with Crippen LogP contribution in [-0.2, 0) is 29.1 Å². The number of hydroxylamine groups is 2. The van der Waals surface area contributed by atoms with E-state index in [0.29, 0.717) is 15.4 Å². The summed E-state index contributed by atoms with van der Waals surface area (Å²) in [6.07, 6.45) is -0.515. The zero-order valence-corrected chi connectivity index (χ0v) is 22.3. The maximum atomic E-state index is 13.3. The molecule has 2 unspecified atom stereocenters. The Hall–Kier alpha value is -4.52. The number of carbonyl (C=O) groups excluding carboxylic acids is 2. The standard InChI is InChI=1S/C22H22N6O10S2/c1-22(2)18(20(32)28(22)38-40(34,35)36)25-19(31)16(12-10-39-21(23)24-12)26-37-17(11-6-4-3-5-7-11)13-8-14(29)15(30)9-27(13)33/h3-10,17-18,30,33H,1-2H3,(H2,23,24)(H,25,31)(H,34,35,36)/b26-16-. The number of nitrogens with one attached hydrogen (secondary N) is 1. The number of nitrogen functional groups attached to an aromatic ring is 1. The zero-order valence-electron chi connectivity index (χ0n) is 20.7. The number of benzene rings is 1. The van der Waals surface area contributed by atoms with Gasteiger partial charge in [0.2, 0.25) is 5.43 Å². The van der Waals surface area contributed by atoms with Crippen LogP contribution in [0.15, 0.2) is 57.9 Å². The Kier molecular flexibility index (Phi) is 7.52. The molecule has 6 N–H and O–H groups in total. The Balaban J connectivity index is 1.69. The number of hydrogen-bond acceptors (Lipinski definition) is 13. The molecule has 1 fully saturated rings. The molecule has 1 aromatic carbocycles. The number of aromatic hydroxyl groups is 1. The second-order valence-electron chi connectivity index (χ2n) is 8.89. The third kappa shape index (κ3) is 5.73. The minimum absolute atomic E-state index is 0.0467. The predicted octanol–water partition coefficient (Wildman–Crippen LogP) is 0.180. The molecular formula is C22H22N6O10S2. The Bertz CT molecular complexity index is 1650. The molecule has 3 heterocycles. The summed E-state index contributed by atoms with van der Waals surface area (Å²) >= 11 is 0.976. The largest absolute Gasteiger partial charge is 0.503 e. The van der Waals surface area contributed by atoms with Gasteiger partial charge in [0, 0.05) is 17.0 Å².